The highest BCUT2D eigenvalue weighted by atomic mass is 16.2. The van der Waals surface area contributed by atoms with Crippen molar-refractivity contribution in [1.82, 2.24) is 5.32 Å². The number of hydrogen-bond donors (Lipinski definition) is 1. The van der Waals surface area contributed by atoms with Gasteiger partial charge in [0.2, 0.25) is 5.91 Å². The van der Waals surface area contributed by atoms with Gasteiger partial charge in [0.1, 0.15) is 6.29 Å². The fraction of sp³-hybridized carbons (Fsp3) is 0.385. The summed E-state index contributed by atoms with van der Waals surface area (Å²) in [4.78, 5) is 23.0. The molecule has 2 aliphatic heterocycles. The molecule has 4 rings (SSSR count). The van der Waals surface area contributed by atoms with E-state index in [1.807, 2.05) is 31.2 Å². The average Bonchev–Trinajstić information content (AvgIpc) is 2.32. The fourth-order valence-corrected chi connectivity index (χ4v) is 2.95. The van der Waals surface area contributed by atoms with Crippen LogP contribution < -0.4 is 5.32 Å². The van der Waals surface area contributed by atoms with E-state index in [0.29, 0.717) is 6.42 Å². The summed E-state index contributed by atoms with van der Waals surface area (Å²) in [5.41, 5.74) is 1.75. The Morgan fingerprint density at radius 3 is 2.75 bits per heavy atom. The van der Waals surface area contributed by atoms with Crippen molar-refractivity contribution in [2.75, 3.05) is 0 Å². The van der Waals surface area contributed by atoms with Gasteiger partial charge in [-0.15, -0.1) is 0 Å². The highest BCUT2D eigenvalue weighted by molar-refractivity contribution is 5.89. The molecule has 3 heteroatoms. The van der Waals surface area contributed by atoms with Gasteiger partial charge in [-0.05, 0) is 17.5 Å². The number of aldehydes is 1. The van der Waals surface area contributed by atoms with Crippen molar-refractivity contribution in [3.8, 4) is 0 Å². The smallest absolute Gasteiger partial charge is 0.228 e. The van der Waals surface area contributed by atoms with Crippen LogP contribution in [0.15, 0.2) is 24.3 Å². The Bertz CT molecular complexity index is 483. The van der Waals surface area contributed by atoms with E-state index in [-0.39, 0.29) is 17.9 Å². The number of fused-ring (bicyclic) bond motifs is 2. The SMILES string of the molecule is CC1(C=O)CC2C(=O)NC1c1ccccc12. The van der Waals surface area contributed by atoms with Crippen molar-refractivity contribution in [3.05, 3.63) is 35.4 Å². The van der Waals surface area contributed by atoms with Gasteiger partial charge in [0, 0.05) is 5.41 Å². The molecular weight excluding hydrogens is 202 g/mol. The van der Waals surface area contributed by atoms with E-state index in [9.17, 15) is 9.59 Å². The van der Waals surface area contributed by atoms with Crippen molar-refractivity contribution in [1.29, 1.82) is 0 Å². The number of amides is 1. The van der Waals surface area contributed by atoms with Crippen LogP contribution in [0.25, 0.3) is 0 Å². The van der Waals surface area contributed by atoms with Crippen LogP contribution in [0.2, 0.25) is 0 Å². The van der Waals surface area contributed by atoms with E-state index in [1.54, 1.807) is 0 Å². The van der Waals surface area contributed by atoms with Gasteiger partial charge in [0.25, 0.3) is 0 Å². The predicted molar refractivity (Wildman–Crippen MR) is 58.9 cm³/mol. The first kappa shape index (κ1) is 9.58. The number of rotatable bonds is 1. The molecule has 3 aliphatic rings. The number of carbonyl (C=O) groups is 2. The number of benzene rings is 1. The van der Waals surface area contributed by atoms with Gasteiger partial charge in [-0.1, -0.05) is 31.2 Å². The third-order valence-electron chi connectivity index (χ3n) is 3.86. The maximum absolute atomic E-state index is 11.8. The molecule has 1 aliphatic carbocycles. The lowest BCUT2D eigenvalue weighted by atomic mass is 9.62. The van der Waals surface area contributed by atoms with Gasteiger partial charge in [-0.25, -0.2) is 0 Å². The van der Waals surface area contributed by atoms with Gasteiger partial charge in [-0.3, -0.25) is 4.79 Å². The summed E-state index contributed by atoms with van der Waals surface area (Å²) in [6.45, 7) is 1.92. The van der Waals surface area contributed by atoms with Crippen LogP contribution in [-0.2, 0) is 9.59 Å². The van der Waals surface area contributed by atoms with Crippen LogP contribution in [0.5, 0.6) is 0 Å². The van der Waals surface area contributed by atoms with Crippen LogP contribution in [-0.4, -0.2) is 12.2 Å². The molecule has 2 bridgehead atoms. The molecule has 0 saturated carbocycles. The van der Waals surface area contributed by atoms with E-state index in [4.69, 9.17) is 0 Å². The average molecular weight is 215 g/mol. The highest BCUT2D eigenvalue weighted by Gasteiger charge is 2.50. The van der Waals surface area contributed by atoms with E-state index in [1.165, 1.54) is 0 Å². The predicted octanol–water partition coefficient (Wildman–Crippen LogP) is 1.55. The Balaban J connectivity index is 2.21. The molecule has 1 fully saturated rings. The van der Waals surface area contributed by atoms with Crippen molar-refractivity contribution in [2.45, 2.75) is 25.3 Å². The molecule has 3 nitrogen and oxygen atoms in total. The standard InChI is InChI=1S/C13H13NO2/c1-13(7-15)6-10-8-4-2-3-5-9(8)11(13)14-12(10)16/h2-5,7,10-11H,6H2,1H3,(H,14,16). The molecule has 3 atom stereocenters. The van der Waals surface area contributed by atoms with Crippen molar-refractivity contribution in [3.63, 3.8) is 0 Å². The van der Waals surface area contributed by atoms with Crippen LogP contribution in [0, 0.1) is 5.41 Å². The minimum Gasteiger partial charge on any atom is -0.348 e. The number of piperidine rings is 1. The van der Waals surface area contributed by atoms with Gasteiger partial charge < -0.3 is 10.1 Å². The minimum atomic E-state index is -0.451. The zero-order valence-corrected chi connectivity index (χ0v) is 9.07. The summed E-state index contributed by atoms with van der Waals surface area (Å²) >= 11 is 0. The molecule has 1 aromatic rings. The van der Waals surface area contributed by atoms with Crippen molar-refractivity contribution >= 4 is 12.2 Å². The van der Waals surface area contributed by atoms with Crippen molar-refractivity contribution < 1.29 is 9.59 Å². The Morgan fingerprint density at radius 2 is 2.06 bits per heavy atom. The normalized spacial score (nSPS) is 35.4. The van der Waals surface area contributed by atoms with Crippen LogP contribution >= 0.6 is 0 Å². The summed E-state index contributed by atoms with van der Waals surface area (Å²) < 4.78 is 0. The van der Waals surface area contributed by atoms with Gasteiger partial charge in [0.05, 0.1) is 12.0 Å². The molecule has 0 spiro atoms. The lowest BCUT2D eigenvalue weighted by molar-refractivity contribution is -0.133. The summed E-state index contributed by atoms with van der Waals surface area (Å²) in [6, 6.07) is 7.75. The molecule has 1 aromatic carbocycles. The molecular formula is C13H13NO2. The molecule has 1 N–H and O–H groups in total. The van der Waals surface area contributed by atoms with Crippen LogP contribution in [0.4, 0.5) is 0 Å². The maximum Gasteiger partial charge on any atom is 0.228 e. The van der Waals surface area contributed by atoms with Crippen LogP contribution in [0.1, 0.15) is 36.4 Å². The second kappa shape index (κ2) is 2.94. The monoisotopic (exact) mass is 215 g/mol. The zero-order valence-electron chi connectivity index (χ0n) is 9.07. The molecule has 0 radical (unpaired) electrons. The first-order valence-corrected chi connectivity index (χ1v) is 5.51. The fourth-order valence-electron chi connectivity index (χ4n) is 2.95. The van der Waals surface area contributed by atoms with E-state index < -0.39 is 5.41 Å². The lowest BCUT2D eigenvalue weighted by Gasteiger charge is -2.47. The Labute approximate surface area is 93.8 Å². The summed E-state index contributed by atoms with van der Waals surface area (Å²) in [5, 5.41) is 2.94. The van der Waals surface area contributed by atoms with Crippen LogP contribution in [0.3, 0.4) is 0 Å². The third-order valence-corrected chi connectivity index (χ3v) is 3.86. The molecule has 3 unspecified atom stereocenters. The maximum atomic E-state index is 11.8. The summed E-state index contributed by atoms with van der Waals surface area (Å²) in [6.07, 6.45) is 1.62. The Hall–Kier alpha value is -1.64. The van der Waals surface area contributed by atoms with E-state index >= 15 is 0 Å². The molecule has 82 valence electrons. The lowest BCUT2D eigenvalue weighted by Crippen LogP contribution is -2.53. The Kier molecular flexibility index (Phi) is 1.76. The van der Waals surface area contributed by atoms with Gasteiger partial charge >= 0.3 is 0 Å². The molecule has 2 heterocycles. The largest absolute Gasteiger partial charge is 0.348 e. The van der Waals surface area contributed by atoms with E-state index in [0.717, 1.165) is 17.4 Å². The molecule has 16 heavy (non-hydrogen) atoms. The molecule has 1 saturated heterocycles. The topological polar surface area (TPSA) is 46.2 Å². The molecule has 0 aromatic heterocycles. The summed E-state index contributed by atoms with van der Waals surface area (Å²) in [7, 11) is 0. The van der Waals surface area contributed by atoms with Gasteiger partial charge in [-0.2, -0.15) is 0 Å². The van der Waals surface area contributed by atoms with Gasteiger partial charge in [0.15, 0.2) is 0 Å². The molecule has 1 amide bonds. The number of nitrogens with one attached hydrogen (secondary N) is 1. The second-order valence-electron chi connectivity index (χ2n) is 4.95. The zero-order chi connectivity index (χ0) is 11.3. The number of carbonyl (C=O) groups excluding carboxylic acids is 2. The summed E-state index contributed by atoms with van der Waals surface area (Å²) in [5.74, 6) is -0.0978. The first-order chi connectivity index (χ1) is 7.65. The highest BCUT2D eigenvalue weighted by Crippen LogP contribution is 2.51. The minimum absolute atomic E-state index is 0.0584. The van der Waals surface area contributed by atoms with E-state index in [2.05, 4.69) is 5.32 Å². The second-order valence-corrected chi connectivity index (χ2v) is 4.95. The number of hydrogen-bond acceptors (Lipinski definition) is 2. The first-order valence-electron chi connectivity index (χ1n) is 5.51. The van der Waals surface area contributed by atoms with Crippen molar-refractivity contribution in [2.24, 2.45) is 5.41 Å². The Morgan fingerprint density at radius 1 is 1.38 bits per heavy atom. The quantitative estimate of drug-likeness (QED) is 0.722. The third kappa shape index (κ3) is 1.03.